The summed E-state index contributed by atoms with van der Waals surface area (Å²) in [5.74, 6) is 4.69. The third-order valence-corrected chi connectivity index (χ3v) is 7.52. The lowest BCUT2D eigenvalue weighted by Gasteiger charge is -2.33. The van der Waals surface area contributed by atoms with Crippen molar-refractivity contribution in [2.75, 3.05) is 32.4 Å². The summed E-state index contributed by atoms with van der Waals surface area (Å²) in [5, 5.41) is 8.08. The molecule has 0 aromatic carbocycles. The molecule has 2 atom stereocenters. The van der Waals surface area contributed by atoms with Crippen LogP contribution >= 0.6 is 11.8 Å². The van der Waals surface area contributed by atoms with Crippen LogP contribution in [0, 0.1) is 19.8 Å². The van der Waals surface area contributed by atoms with E-state index in [1.165, 1.54) is 44.3 Å². The van der Waals surface area contributed by atoms with Crippen LogP contribution in [0.4, 0.5) is 0 Å². The molecule has 2 heterocycles. The minimum Gasteiger partial charge on any atom is -0.444 e. The van der Waals surface area contributed by atoms with Gasteiger partial charge < -0.3 is 15.1 Å². The second-order valence-corrected chi connectivity index (χ2v) is 10.1. The predicted octanol–water partition coefficient (Wildman–Crippen LogP) is 3.73. The first-order chi connectivity index (χ1) is 14.1. The second-order valence-electron chi connectivity index (χ2n) is 8.51. The van der Waals surface area contributed by atoms with E-state index in [1.54, 1.807) is 0 Å². The van der Waals surface area contributed by atoms with E-state index >= 15 is 0 Å². The van der Waals surface area contributed by atoms with Crippen molar-refractivity contribution in [2.45, 2.75) is 77.1 Å². The molecular weight excluding hydrogens is 382 g/mol. The molecule has 6 nitrogen and oxygen atoms in total. The fourth-order valence-corrected chi connectivity index (χ4v) is 5.61. The molecule has 1 aromatic heterocycles. The first kappa shape index (κ1) is 22.5. The van der Waals surface area contributed by atoms with E-state index in [0.29, 0.717) is 12.0 Å². The van der Waals surface area contributed by atoms with Crippen LogP contribution in [0.3, 0.4) is 0 Å². The standard InChI is InChI=1S/C22H39N5OS/c1-5-29-20-8-6-7-19(13-20)26-22(23-4)24-14-18-9-11-27(12-10-18)15-21-25-16(2)17(3)28-21/h18-20H,5-15H2,1-4H3,(H2,23,24,26). The van der Waals surface area contributed by atoms with Crippen molar-refractivity contribution in [2.24, 2.45) is 10.9 Å². The first-order valence-corrected chi connectivity index (χ1v) is 12.4. The second kappa shape index (κ2) is 11.3. The molecule has 164 valence electrons. The number of oxazole rings is 1. The lowest BCUT2D eigenvalue weighted by molar-refractivity contribution is 0.164. The highest BCUT2D eigenvalue weighted by molar-refractivity contribution is 7.99. The lowest BCUT2D eigenvalue weighted by atomic mass is 9.95. The highest BCUT2D eigenvalue weighted by Gasteiger charge is 2.24. The Kier molecular flexibility index (Phi) is 8.72. The maximum absolute atomic E-state index is 5.74. The Bertz CT molecular complexity index is 632. The topological polar surface area (TPSA) is 65.7 Å². The van der Waals surface area contributed by atoms with E-state index in [2.05, 4.69) is 44.2 Å². The minimum atomic E-state index is 0.563. The van der Waals surface area contributed by atoms with Gasteiger partial charge in [-0.25, -0.2) is 4.98 Å². The van der Waals surface area contributed by atoms with Gasteiger partial charge in [-0.05, 0) is 70.7 Å². The van der Waals surface area contributed by atoms with Crippen LogP contribution in [0.2, 0.25) is 0 Å². The van der Waals surface area contributed by atoms with Crippen molar-refractivity contribution in [3.8, 4) is 0 Å². The zero-order chi connectivity index (χ0) is 20.6. The Morgan fingerprint density at radius 3 is 2.69 bits per heavy atom. The molecule has 2 unspecified atom stereocenters. The van der Waals surface area contributed by atoms with Crippen molar-refractivity contribution in [3.63, 3.8) is 0 Å². The fraction of sp³-hybridized carbons (Fsp3) is 0.818. The quantitative estimate of drug-likeness (QED) is 0.517. The van der Waals surface area contributed by atoms with Crippen LogP contribution in [-0.4, -0.2) is 59.6 Å². The van der Waals surface area contributed by atoms with Crippen LogP contribution in [-0.2, 0) is 6.54 Å². The molecule has 1 saturated carbocycles. The molecule has 0 amide bonds. The summed E-state index contributed by atoms with van der Waals surface area (Å²) in [6, 6.07) is 0.563. The van der Waals surface area contributed by atoms with Crippen molar-refractivity contribution in [1.82, 2.24) is 20.5 Å². The molecule has 1 aromatic rings. The summed E-state index contributed by atoms with van der Waals surface area (Å²) in [7, 11) is 1.89. The molecule has 1 aliphatic carbocycles. The maximum atomic E-state index is 5.74. The van der Waals surface area contributed by atoms with Gasteiger partial charge in [0.15, 0.2) is 5.96 Å². The number of aromatic nitrogens is 1. The summed E-state index contributed by atoms with van der Waals surface area (Å²) in [6.07, 6.45) is 7.64. The van der Waals surface area contributed by atoms with Gasteiger partial charge in [-0.15, -0.1) is 0 Å². The molecular formula is C22H39N5OS. The summed E-state index contributed by atoms with van der Waals surface area (Å²) < 4.78 is 5.74. The first-order valence-electron chi connectivity index (χ1n) is 11.3. The Morgan fingerprint density at radius 1 is 1.24 bits per heavy atom. The molecule has 1 aliphatic heterocycles. The monoisotopic (exact) mass is 421 g/mol. The van der Waals surface area contributed by atoms with Gasteiger partial charge in [0.25, 0.3) is 0 Å². The summed E-state index contributed by atoms with van der Waals surface area (Å²) in [6.45, 7) is 10.3. The summed E-state index contributed by atoms with van der Waals surface area (Å²) in [4.78, 5) is 11.5. The number of likely N-dealkylation sites (tertiary alicyclic amines) is 1. The normalized spacial score (nSPS) is 24.6. The number of nitrogens with zero attached hydrogens (tertiary/aromatic N) is 3. The van der Waals surface area contributed by atoms with Crippen LogP contribution < -0.4 is 10.6 Å². The van der Waals surface area contributed by atoms with Crippen molar-refractivity contribution < 1.29 is 4.42 Å². The van der Waals surface area contributed by atoms with Gasteiger partial charge in [-0.1, -0.05) is 13.3 Å². The van der Waals surface area contributed by atoms with Crippen LogP contribution in [0.1, 0.15) is 62.8 Å². The van der Waals surface area contributed by atoms with Crippen molar-refractivity contribution in [1.29, 1.82) is 0 Å². The van der Waals surface area contributed by atoms with Crippen LogP contribution in [0.15, 0.2) is 9.41 Å². The van der Waals surface area contributed by atoms with E-state index in [1.807, 2.05) is 20.9 Å². The van der Waals surface area contributed by atoms with Crippen molar-refractivity contribution in [3.05, 3.63) is 17.3 Å². The van der Waals surface area contributed by atoms with E-state index in [-0.39, 0.29) is 0 Å². The SMILES string of the molecule is CCSC1CCCC(NC(=NC)NCC2CCN(Cc3nc(C)c(C)o3)CC2)C1. The maximum Gasteiger partial charge on any atom is 0.208 e. The third-order valence-electron chi connectivity index (χ3n) is 6.29. The Balaban J connectivity index is 1.36. The molecule has 3 rings (SSSR count). The number of aryl methyl sites for hydroxylation is 2. The molecule has 2 fully saturated rings. The van der Waals surface area contributed by atoms with Gasteiger partial charge in [0.05, 0.1) is 12.2 Å². The molecule has 0 bridgehead atoms. The Labute approximate surface area is 180 Å². The number of hydrogen-bond acceptors (Lipinski definition) is 5. The number of hydrogen-bond donors (Lipinski definition) is 2. The van der Waals surface area contributed by atoms with Gasteiger partial charge in [0.1, 0.15) is 5.76 Å². The summed E-state index contributed by atoms with van der Waals surface area (Å²) >= 11 is 2.11. The number of nitrogens with one attached hydrogen (secondary N) is 2. The zero-order valence-electron chi connectivity index (χ0n) is 18.7. The largest absolute Gasteiger partial charge is 0.444 e. The molecule has 0 spiro atoms. The number of guanidine groups is 1. The smallest absolute Gasteiger partial charge is 0.208 e. The highest BCUT2D eigenvalue weighted by Crippen LogP contribution is 2.28. The molecule has 2 aliphatic rings. The van der Waals surface area contributed by atoms with Gasteiger partial charge in [0, 0.05) is 24.9 Å². The van der Waals surface area contributed by atoms with E-state index in [4.69, 9.17) is 4.42 Å². The fourth-order valence-electron chi connectivity index (χ4n) is 4.44. The van der Waals surface area contributed by atoms with Gasteiger partial charge in [0.2, 0.25) is 5.89 Å². The zero-order valence-corrected chi connectivity index (χ0v) is 19.5. The molecule has 2 N–H and O–H groups in total. The lowest BCUT2D eigenvalue weighted by Crippen LogP contribution is -2.47. The van der Waals surface area contributed by atoms with E-state index in [9.17, 15) is 0 Å². The average Bonchev–Trinajstić information content (AvgIpc) is 3.03. The van der Waals surface area contributed by atoms with Crippen molar-refractivity contribution >= 4 is 17.7 Å². The summed E-state index contributed by atoms with van der Waals surface area (Å²) in [5.41, 5.74) is 1.01. The molecule has 29 heavy (non-hydrogen) atoms. The van der Waals surface area contributed by atoms with E-state index in [0.717, 1.165) is 54.7 Å². The number of aliphatic imine (C=N–C) groups is 1. The Morgan fingerprint density at radius 2 is 2.03 bits per heavy atom. The van der Waals surface area contributed by atoms with Crippen LogP contribution in [0.5, 0.6) is 0 Å². The molecule has 1 saturated heterocycles. The molecule has 7 heteroatoms. The predicted molar refractivity (Wildman–Crippen MR) is 123 cm³/mol. The Hall–Kier alpha value is -1.21. The minimum absolute atomic E-state index is 0.563. The highest BCUT2D eigenvalue weighted by atomic mass is 32.2. The third kappa shape index (κ3) is 6.92. The number of thioether (sulfide) groups is 1. The van der Waals surface area contributed by atoms with E-state index < -0.39 is 0 Å². The van der Waals surface area contributed by atoms with Gasteiger partial charge in [-0.3, -0.25) is 9.89 Å². The number of piperidine rings is 1. The van der Waals surface area contributed by atoms with Gasteiger partial charge >= 0.3 is 0 Å². The number of rotatable bonds is 7. The average molecular weight is 422 g/mol. The van der Waals surface area contributed by atoms with Crippen LogP contribution in [0.25, 0.3) is 0 Å². The van der Waals surface area contributed by atoms with Gasteiger partial charge in [-0.2, -0.15) is 11.8 Å². The molecule has 0 radical (unpaired) electrons.